The van der Waals surface area contributed by atoms with Crippen LogP contribution in [0.3, 0.4) is 0 Å². The van der Waals surface area contributed by atoms with Gasteiger partial charge in [0.25, 0.3) is 0 Å². The van der Waals surface area contributed by atoms with Crippen LogP contribution in [0, 0.1) is 17.8 Å². The SMILES string of the molecule is CCC1CCCC(CN)(N2CCC3CCCCC3C2)CC1. The molecular weight excluding hydrogens is 256 g/mol. The largest absolute Gasteiger partial charge is 0.329 e. The zero-order chi connectivity index (χ0) is 14.7. The Kier molecular flexibility index (Phi) is 5.27. The molecule has 2 aliphatic carbocycles. The fourth-order valence-electron chi connectivity index (χ4n) is 5.55. The molecular formula is C19H36N2. The third-order valence-corrected chi connectivity index (χ3v) is 7.19. The molecule has 0 bridgehead atoms. The topological polar surface area (TPSA) is 29.3 Å². The molecule has 4 unspecified atom stereocenters. The Hall–Kier alpha value is -0.0800. The van der Waals surface area contributed by atoms with Crippen molar-refractivity contribution < 1.29 is 0 Å². The third kappa shape index (κ3) is 3.32. The van der Waals surface area contributed by atoms with E-state index in [-0.39, 0.29) is 0 Å². The van der Waals surface area contributed by atoms with Crippen molar-refractivity contribution in [2.24, 2.45) is 23.5 Å². The summed E-state index contributed by atoms with van der Waals surface area (Å²) in [6.07, 6.45) is 15.7. The Morgan fingerprint density at radius 1 is 0.952 bits per heavy atom. The van der Waals surface area contributed by atoms with Crippen molar-refractivity contribution in [1.82, 2.24) is 4.90 Å². The molecule has 122 valence electrons. The molecule has 0 aromatic carbocycles. The van der Waals surface area contributed by atoms with Crippen LogP contribution in [0.4, 0.5) is 0 Å². The molecule has 0 radical (unpaired) electrons. The van der Waals surface area contributed by atoms with Crippen molar-refractivity contribution in [3.63, 3.8) is 0 Å². The van der Waals surface area contributed by atoms with Gasteiger partial charge in [0.15, 0.2) is 0 Å². The third-order valence-electron chi connectivity index (χ3n) is 7.19. The second kappa shape index (κ2) is 7.00. The van der Waals surface area contributed by atoms with Crippen LogP contribution in [-0.4, -0.2) is 30.1 Å². The number of likely N-dealkylation sites (tertiary alicyclic amines) is 1. The molecule has 2 N–H and O–H groups in total. The molecule has 2 heteroatoms. The fraction of sp³-hybridized carbons (Fsp3) is 1.00. The summed E-state index contributed by atoms with van der Waals surface area (Å²) in [6, 6.07) is 0. The summed E-state index contributed by atoms with van der Waals surface area (Å²) in [4.78, 5) is 2.86. The van der Waals surface area contributed by atoms with Gasteiger partial charge in [-0.15, -0.1) is 0 Å². The van der Waals surface area contributed by atoms with E-state index in [0.29, 0.717) is 5.54 Å². The average molecular weight is 293 g/mol. The van der Waals surface area contributed by atoms with Crippen LogP contribution < -0.4 is 5.73 Å². The number of rotatable bonds is 3. The van der Waals surface area contributed by atoms with E-state index in [2.05, 4.69) is 11.8 Å². The molecule has 21 heavy (non-hydrogen) atoms. The van der Waals surface area contributed by atoms with E-state index in [9.17, 15) is 0 Å². The van der Waals surface area contributed by atoms with Crippen molar-refractivity contribution in [1.29, 1.82) is 0 Å². The number of hydrogen-bond donors (Lipinski definition) is 1. The molecule has 1 aliphatic heterocycles. The van der Waals surface area contributed by atoms with Crippen molar-refractivity contribution in [3.8, 4) is 0 Å². The van der Waals surface area contributed by atoms with Crippen LogP contribution in [0.2, 0.25) is 0 Å². The summed E-state index contributed by atoms with van der Waals surface area (Å²) in [5.41, 5.74) is 6.71. The lowest BCUT2D eigenvalue weighted by molar-refractivity contribution is -0.00131. The van der Waals surface area contributed by atoms with Crippen LogP contribution >= 0.6 is 0 Å². The van der Waals surface area contributed by atoms with E-state index >= 15 is 0 Å². The highest BCUT2D eigenvalue weighted by molar-refractivity contribution is 4.98. The molecule has 0 spiro atoms. The number of nitrogens with zero attached hydrogens (tertiary/aromatic N) is 1. The number of nitrogens with two attached hydrogens (primary N) is 1. The maximum Gasteiger partial charge on any atom is 0.0331 e. The lowest BCUT2D eigenvalue weighted by Gasteiger charge is -2.50. The molecule has 0 aromatic heterocycles. The number of fused-ring (bicyclic) bond motifs is 1. The van der Waals surface area contributed by atoms with Gasteiger partial charge in [-0.3, -0.25) is 4.90 Å². The minimum absolute atomic E-state index is 0.354. The minimum atomic E-state index is 0.354. The summed E-state index contributed by atoms with van der Waals surface area (Å²) in [6.45, 7) is 5.95. The van der Waals surface area contributed by atoms with E-state index in [0.717, 1.165) is 24.3 Å². The number of piperidine rings is 1. The van der Waals surface area contributed by atoms with Gasteiger partial charge in [0.05, 0.1) is 0 Å². The Balaban J connectivity index is 1.67. The monoisotopic (exact) mass is 292 g/mol. The van der Waals surface area contributed by atoms with Crippen LogP contribution in [0.25, 0.3) is 0 Å². The first-order chi connectivity index (χ1) is 10.3. The van der Waals surface area contributed by atoms with E-state index in [1.165, 1.54) is 83.7 Å². The van der Waals surface area contributed by atoms with E-state index < -0.39 is 0 Å². The first-order valence-electron chi connectivity index (χ1n) is 9.72. The summed E-state index contributed by atoms with van der Waals surface area (Å²) < 4.78 is 0. The number of hydrogen-bond acceptors (Lipinski definition) is 2. The Morgan fingerprint density at radius 2 is 1.76 bits per heavy atom. The lowest BCUT2D eigenvalue weighted by atomic mass is 9.73. The highest BCUT2D eigenvalue weighted by atomic mass is 15.2. The predicted molar refractivity (Wildman–Crippen MR) is 90.3 cm³/mol. The first-order valence-corrected chi connectivity index (χ1v) is 9.72. The smallest absolute Gasteiger partial charge is 0.0331 e. The average Bonchev–Trinajstić information content (AvgIpc) is 2.77. The fourth-order valence-corrected chi connectivity index (χ4v) is 5.55. The minimum Gasteiger partial charge on any atom is -0.329 e. The maximum absolute atomic E-state index is 6.35. The van der Waals surface area contributed by atoms with Crippen LogP contribution in [0.15, 0.2) is 0 Å². The van der Waals surface area contributed by atoms with Crippen LogP contribution in [0.1, 0.15) is 77.6 Å². The van der Waals surface area contributed by atoms with E-state index in [4.69, 9.17) is 5.73 Å². The van der Waals surface area contributed by atoms with Gasteiger partial charge in [0.2, 0.25) is 0 Å². The molecule has 3 aliphatic rings. The molecule has 3 fully saturated rings. The second-order valence-electron chi connectivity index (χ2n) is 8.17. The lowest BCUT2D eigenvalue weighted by Crippen LogP contribution is -2.58. The van der Waals surface area contributed by atoms with Crippen molar-refractivity contribution in [2.75, 3.05) is 19.6 Å². The Labute approximate surface area is 131 Å². The van der Waals surface area contributed by atoms with Gasteiger partial charge in [-0.25, -0.2) is 0 Å². The molecule has 2 nitrogen and oxygen atoms in total. The van der Waals surface area contributed by atoms with Gasteiger partial charge in [0, 0.05) is 18.6 Å². The maximum atomic E-state index is 6.35. The first kappa shape index (κ1) is 15.8. The van der Waals surface area contributed by atoms with E-state index in [1.807, 2.05) is 0 Å². The van der Waals surface area contributed by atoms with Gasteiger partial charge in [0.1, 0.15) is 0 Å². The van der Waals surface area contributed by atoms with E-state index in [1.54, 1.807) is 0 Å². The molecule has 0 amide bonds. The second-order valence-corrected chi connectivity index (χ2v) is 8.17. The van der Waals surface area contributed by atoms with Gasteiger partial charge in [-0.1, -0.05) is 45.4 Å². The van der Waals surface area contributed by atoms with Crippen molar-refractivity contribution in [3.05, 3.63) is 0 Å². The molecule has 1 heterocycles. The summed E-state index contributed by atoms with van der Waals surface area (Å²) in [7, 11) is 0. The molecule has 0 aromatic rings. The molecule has 4 atom stereocenters. The normalized spacial score (nSPS) is 42.3. The van der Waals surface area contributed by atoms with Crippen LogP contribution in [-0.2, 0) is 0 Å². The predicted octanol–water partition coefficient (Wildman–Crippen LogP) is 4.19. The summed E-state index contributed by atoms with van der Waals surface area (Å²) in [5, 5.41) is 0. The standard InChI is InChI=1S/C19H36N2/c1-2-16-6-5-11-19(15-20,12-9-16)21-13-10-17-7-3-4-8-18(17)14-21/h16-18H,2-15,20H2,1H3. The molecule has 3 rings (SSSR count). The van der Waals surface area contributed by atoms with Gasteiger partial charge >= 0.3 is 0 Å². The zero-order valence-corrected chi connectivity index (χ0v) is 14.2. The quantitative estimate of drug-likeness (QED) is 0.790. The van der Waals surface area contributed by atoms with Crippen molar-refractivity contribution >= 4 is 0 Å². The van der Waals surface area contributed by atoms with Gasteiger partial charge in [-0.05, 0) is 56.4 Å². The van der Waals surface area contributed by atoms with Gasteiger partial charge in [-0.2, -0.15) is 0 Å². The molecule has 2 saturated carbocycles. The summed E-state index contributed by atoms with van der Waals surface area (Å²) in [5.74, 6) is 2.99. The van der Waals surface area contributed by atoms with Crippen LogP contribution in [0.5, 0.6) is 0 Å². The Bertz CT molecular complexity index is 330. The Morgan fingerprint density at radius 3 is 2.52 bits per heavy atom. The zero-order valence-electron chi connectivity index (χ0n) is 14.2. The highest BCUT2D eigenvalue weighted by Crippen LogP contribution is 2.42. The van der Waals surface area contributed by atoms with Crippen molar-refractivity contribution in [2.45, 2.75) is 83.1 Å². The molecule has 1 saturated heterocycles. The highest BCUT2D eigenvalue weighted by Gasteiger charge is 2.41. The van der Waals surface area contributed by atoms with Gasteiger partial charge < -0.3 is 5.73 Å². The summed E-state index contributed by atoms with van der Waals surface area (Å²) >= 11 is 0.